The molecule has 3 aromatic rings. The van der Waals surface area contributed by atoms with Crippen LogP contribution in [0, 0.1) is 0 Å². The van der Waals surface area contributed by atoms with Crippen molar-refractivity contribution in [2.45, 2.75) is 12.5 Å². The van der Waals surface area contributed by atoms with Gasteiger partial charge in [0.25, 0.3) is 0 Å². The molecule has 102 valence electrons. The van der Waals surface area contributed by atoms with E-state index in [9.17, 15) is 0 Å². The van der Waals surface area contributed by atoms with Gasteiger partial charge in [-0.15, -0.1) is 0 Å². The molecule has 0 bridgehead atoms. The van der Waals surface area contributed by atoms with Crippen molar-refractivity contribution in [3.63, 3.8) is 0 Å². The molecule has 0 fully saturated rings. The quantitative estimate of drug-likeness (QED) is 0.751. The largest absolute Gasteiger partial charge is 0.497 e. The Morgan fingerprint density at radius 2 is 2.10 bits per heavy atom. The Morgan fingerprint density at radius 1 is 1.30 bits per heavy atom. The van der Waals surface area contributed by atoms with Gasteiger partial charge in [-0.25, -0.2) is 15.0 Å². The number of nitrogens with two attached hydrogens (primary N) is 1. The SMILES string of the molecule is COc1ccc(CC(N)c2nc3ncncc3[nH]2)cc1. The van der Waals surface area contributed by atoms with E-state index in [2.05, 4.69) is 19.9 Å². The Bertz CT molecular complexity index is 674. The highest BCUT2D eigenvalue weighted by atomic mass is 16.5. The fraction of sp³-hybridized carbons (Fsp3) is 0.214. The molecule has 0 aliphatic rings. The molecule has 0 aliphatic carbocycles. The van der Waals surface area contributed by atoms with Crippen molar-refractivity contribution >= 4 is 11.2 Å². The molecular weight excluding hydrogens is 254 g/mol. The fourth-order valence-corrected chi connectivity index (χ4v) is 2.07. The Kier molecular flexibility index (Phi) is 3.30. The second kappa shape index (κ2) is 5.26. The molecule has 1 atom stereocenters. The van der Waals surface area contributed by atoms with Crippen LogP contribution in [0.15, 0.2) is 36.8 Å². The van der Waals surface area contributed by atoms with E-state index in [0.29, 0.717) is 12.1 Å². The molecular formula is C14H15N5O. The normalized spacial score (nSPS) is 12.5. The molecule has 0 aliphatic heterocycles. The molecule has 6 heteroatoms. The number of aromatic nitrogens is 4. The van der Waals surface area contributed by atoms with Crippen LogP contribution in [0.1, 0.15) is 17.4 Å². The van der Waals surface area contributed by atoms with E-state index in [4.69, 9.17) is 10.5 Å². The first kappa shape index (κ1) is 12.6. The molecule has 0 saturated heterocycles. The lowest BCUT2D eigenvalue weighted by Gasteiger charge is -2.09. The van der Waals surface area contributed by atoms with Crippen LogP contribution in [0.5, 0.6) is 5.75 Å². The Morgan fingerprint density at radius 3 is 2.80 bits per heavy atom. The summed E-state index contributed by atoms with van der Waals surface area (Å²) >= 11 is 0. The number of benzene rings is 1. The number of hydrogen-bond donors (Lipinski definition) is 2. The number of H-pyrrole nitrogens is 1. The summed E-state index contributed by atoms with van der Waals surface area (Å²) in [6.45, 7) is 0. The smallest absolute Gasteiger partial charge is 0.180 e. The highest BCUT2D eigenvalue weighted by molar-refractivity contribution is 5.68. The maximum atomic E-state index is 6.19. The maximum Gasteiger partial charge on any atom is 0.180 e. The lowest BCUT2D eigenvalue weighted by molar-refractivity contribution is 0.414. The summed E-state index contributed by atoms with van der Waals surface area (Å²) in [5.74, 6) is 1.55. The van der Waals surface area contributed by atoms with Gasteiger partial charge in [-0.05, 0) is 24.1 Å². The van der Waals surface area contributed by atoms with Crippen molar-refractivity contribution in [3.05, 3.63) is 48.2 Å². The minimum atomic E-state index is -0.211. The van der Waals surface area contributed by atoms with Crippen molar-refractivity contribution in [1.29, 1.82) is 0 Å². The van der Waals surface area contributed by atoms with Crippen molar-refractivity contribution in [1.82, 2.24) is 19.9 Å². The van der Waals surface area contributed by atoms with Crippen LogP contribution in [0.3, 0.4) is 0 Å². The second-order valence-electron chi connectivity index (χ2n) is 4.54. The zero-order valence-electron chi connectivity index (χ0n) is 11.1. The van der Waals surface area contributed by atoms with Crippen LogP contribution in [0.2, 0.25) is 0 Å². The third kappa shape index (κ3) is 2.46. The molecule has 2 aromatic heterocycles. The molecule has 3 N–H and O–H groups in total. The topological polar surface area (TPSA) is 89.7 Å². The number of aromatic amines is 1. The zero-order valence-corrected chi connectivity index (χ0v) is 11.1. The van der Waals surface area contributed by atoms with Gasteiger partial charge in [-0.2, -0.15) is 0 Å². The first-order valence-electron chi connectivity index (χ1n) is 6.30. The molecule has 3 rings (SSSR count). The molecule has 6 nitrogen and oxygen atoms in total. The Labute approximate surface area is 116 Å². The summed E-state index contributed by atoms with van der Waals surface area (Å²) < 4.78 is 5.13. The highest BCUT2D eigenvalue weighted by Crippen LogP contribution is 2.18. The monoisotopic (exact) mass is 269 g/mol. The number of ether oxygens (including phenoxy) is 1. The standard InChI is InChI=1S/C14H15N5O/c1-20-10-4-2-9(3-5-10)6-11(15)13-18-12-7-16-8-17-14(12)19-13/h2-5,7-8,11H,6,15H2,1H3,(H,16,17,18,19). The number of rotatable bonds is 4. The van der Waals surface area contributed by atoms with E-state index in [1.807, 2.05) is 24.3 Å². The van der Waals surface area contributed by atoms with Gasteiger partial charge in [0, 0.05) is 0 Å². The van der Waals surface area contributed by atoms with Crippen LogP contribution in [-0.2, 0) is 6.42 Å². The number of hydrogen-bond acceptors (Lipinski definition) is 5. The molecule has 0 amide bonds. The minimum Gasteiger partial charge on any atom is -0.497 e. The van der Waals surface area contributed by atoms with Crippen molar-refractivity contribution in [2.75, 3.05) is 7.11 Å². The zero-order chi connectivity index (χ0) is 13.9. The average molecular weight is 269 g/mol. The van der Waals surface area contributed by atoms with Crippen LogP contribution in [0.25, 0.3) is 11.2 Å². The van der Waals surface area contributed by atoms with E-state index in [0.717, 1.165) is 22.7 Å². The van der Waals surface area contributed by atoms with E-state index < -0.39 is 0 Å². The van der Waals surface area contributed by atoms with Gasteiger partial charge in [0.2, 0.25) is 0 Å². The molecule has 0 saturated carbocycles. The van der Waals surface area contributed by atoms with Gasteiger partial charge in [0.15, 0.2) is 5.65 Å². The van der Waals surface area contributed by atoms with Gasteiger partial charge in [-0.1, -0.05) is 12.1 Å². The van der Waals surface area contributed by atoms with Crippen LogP contribution >= 0.6 is 0 Å². The lowest BCUT2D eigenvalue weighted by atomic mass is 10.1. The van der Waals surface area contributed by atoms with Crippen LogP contribution in [0.4, 0.5) is 0 Å². The van der Waals surface area contributed by atoms with Gasteiger partial charge in [-0.3, -0.25) is 0 Å². The number of imidazole rings is 1. The van der Waals surface area contributed by atoms with Crippen molar-refractivity contribution in [3.8, 4) is 5.75 Å². The van der Waals surface area contributed by atoms with Crippen molar-refractivity contribution in [2.24, 2.45) is 5.73 Å². The van der Waals surface area contributed by atoms with Crippen LogP contribution < -0.4 is 10.5 Å². The summed E-state index contributed by atoms with van der Waals surface area (Å²) in [5.41, 5.74) is 8.76. The number of fused-ring (bicyclic) bond motifs is 1. The highest BCUT2D eigenvalue weighted by Gasteiger charge is 2.12. The summed E-state index contributed by atoms with van der Waals surface area (Å²) in [6.07, 6.45) is 3.86. The lowest BCUT2D eigenvalue weighted by Crippen LogP contribution is -2.14. The summed E-state index contributed by atoms with van der Waals surface area (Å²) in [6, 6.07) is 7.64. The van der Waals surface area contributed by atoms with Gasteiger partial charge in [0.05, 0.1) is 19.3 Å². The predicted molar refractivity (Wildman–Crippen MR) is 75.3 cm³/mol. The molecule has 2 heterocycles. The van der Waals surface area contributed by atoms with E-state index in [1.54, 1.807) is 13.3 Å². The van der Waals surface area contributed by atoms with Crippen molar-refractivity contribution < 1.29 is 4.74 Å². The Balaban J connectivity index is 1.79. The predicted octanol–water partition coefficient (Wildman–Crippen LogP) is 1.60. The second-order valence-corrected chi connectivity index (χ2v) is 4.54. The molecule has 1 aromatic carbocycles. The molecule has 1 unspecified atom stereocenters. The molecule has 20 heavy (non-hydrogen) atoms. The van der Waals surface area contributed by atoms with E-state index in [1.165, 1.54) is 6.33 Å². The van der Waals surface area contributed by atoms with E-state index >= 15 is 0 Å². The van der Waals surface area contributed by atoms with E-state index in [-0.39, 0.29) is 6.04 Å². The first-order valence-corrected chi connectivity index (χ1v) is 6.30. The van der Waals surface area contributed by atoms with Gasteiger partial charge >= 0.3 is 0 Å². The van der Waals surface area contributed by atoms with Crippen LogP contribution in [-0.4, -0.2) is 27.0 Å². The first-order chi connectivity index (χ1) is 9.76. The van der Waals surface area contributed by atoms with Gasteiger partial charge in [0.1, 0.15) is 23.4 Å². The minimum absolute atomic E-state index is 0.211. The van der Waals surface area contributed by atoms with Gasteiger partial charge < -0.3 is 15.5 Å². The Hall–Kier alpha value is -2.47. The fourth-order valence-electron chi connectivity index (χ4n) is 2.07. The third-order valence-corrected chi connectivity index (χ3v) is 3.15. The number of nitrogens with one attached hydrogen (secondary N) is 1. The number of methoxy groups -OCH3 is 1. The summed E-state index contributed by atoms with van der Waals surface area (Å²) in [4.78, 5) is 15.6. The summed E-state index contributed by atoms with van der Waals surface area (Å²) in [5, 5.41) is 0. The molecule has 0 radical (unpaired) electrons. The average Bonchev–Trinajstić information content (AvgIpc) is 2.92. The summed E-state index contributed by atoms with van der Waals surface area (Å²) in [7, 11) is 1.65. The maximum absolute atomic E-state index is 6.19. The molecule has 0 spiro atoms. The third-order valence-electron chi connectivity index (χ3n) is 3.15. The number of nitrogens with zero attached hydrogens (tertiary/aromatic N) is 3.